The van der Waals surface area contributed by atoms with Gasteiger partial charge in [0, 0.05) is 17.0 Å². The molecule has 0 bridgehead atoms. The zero-order valence-electron chi connectivity index (χ0n) is 12.5. The fourth-order valence-electron chi connectivity index (χ4n) is 2.18. The second-order valence-corrected chi connectivity index (χ2v) is 6.38. The molecule has 5 nitrogen and oxygen atoms in total. The molecule has 1 heterocycles. The summed E-state index contributed by atoms with van der Waals surface area (Å²) in [7, 11) is 0. The van der Waals surface area contributed by atoms with Gasteiger partial charge in [0.25, 0.3) is 5.69 Å². The lowest BCUT2D eigenvalue weighted by molar-refractivity contribution is -0.384. The molecule has 22 heavy (non-hydrogen) atoms. The van der Waals surface area contributed by atoms with E-state index >= 15 is 0 Å². The SMILES string of the molecule is CC(C)C(NC(=O)Cc1ccc([N+](=O)[O-])cc1)c1cccs1. The van der Waals surface area contributed by atoms with E-state index < -0.39 is 4.92 Å². The average Bonchev–Trinajstić information content (AvgIpc) is 2.99. The van der Waals surface area contributed by atoms with Crippen LogP contribution < -0.4 is 5.32 Å². The zero-order chi connectivity index (χ0) is 16.1. The van der Waals surface area contributed by atoms with Crippen molar-refractivity contribution in [2.75, 3.05) is 0 Å². The van der Waals surface area contributed by atoms with Crippen molar-refractivity contribution < 1.29 is 9.72 Å². The lowest BCUT2D eigenvalue weighted by Crippen LogP contribution is -2.32. The fraction of sp³-hybridized carbons (Fsp3) is 0.312. The first kappa shape index (κ1) is 16.2. The van der Waals surface area contributed by atoms with Crippen LogP contribution in [0, 0.1) is 16.0 Å². The molecule has 2 aromatic rings. The van der Waals surface area contributed by atoms with Gasteiger partial charge in [-0.05, 0) is 22.9 Å². The van der Waals surface area contributed by atoms with Gasteiger partial charge < -0.3 is 5.32 Å². The highest BCUT2D eigenvalue weighted by Crippen LogP contribution is 2.25. The van der Waals surface area contributed by atoms with Gasteiger partial charge in [-0.3, -0.25) is 14.9 Å². The second kappa shape index (κ2) is 7.17. The molecule has 2 rings (SSSR count). The van der Waals surface area contributed by atoms with Crippen LogP contribution in [0.4, 0.5) is 5.69 Å². The van der Waals surface area contributed by atoms with Crippen molar-refractivity contribution in [3.63, 3.8) is 0 Å². The largest absolute Gasteiger partial charge is 0.348 e. The van der Waals surface area contributed by atoms with Gasteiger partial charge in [-0.2, -0.15) is 0 Å². The minimum absolute atomic E-state index is 0.00875. The summed E-state index contributed by atoms with van der Waals surface area (Å²) in [5.41, 5.74) is 0.791. The Morgan fingerprint density at radius 2 is 1.95 bits per heavy atom. The molecule has 0 aliphatic heterocycles. The first-order chi connectivity index (χ1) is 10.5. The van der Waals surface area contributed by atoms with E-state index in [0.29, 0.717) is 5.92 Å². The van der Waals surface area contributed by atoms with E-state index in [0.717, 1.165) is 10.4 Å². The Bertz CT molecular complexity index is 636. The minimum atomic E-state index is -0.449. The number of nitro groups is 1. The Kier molecular flexibility index (Phi) is 5.27. The van der Waals surface area contributed by atoms with Gasteiger partial charge >= 0.3 is 0 Å². The molecular formula is C16H18N2O3S. The molecule has 1 aromatic heterocycles. The van der Waals surface area contributed by atoms with Crippen LogP contribution in [0.1, 0.15) is 30.3 Å². The van der Waals surface area contributed by atoms with Crippen LogP contribution in [0.5, 0.6) is 0 Å². The molecule has 1 atom stereocenters. The number of nitro benzene ring substituents is 1. The molecule has 116 valence electrons. The molecule has 6 heteroatoms. The van der Waals surface area contributed by atoms with E-state index in [2.05, 4.69) is 19.2 Å². The van der Waals surface area contributed by atoms with Crippen LogP contribution in [0.2, 0.25) is 0 Å². The molecule has 0 radical (unpaired) electrons. The summed E-state index contributed by atoms with van der Waals surface area (Å²) in [4.78, 5) is 23.5. The van der Waals surface area contributed by atoms with Crippen molar-refractivity contribution in [3.8, 4) is 0 Å². The Balaban J connectivity index is 2.00. The van der Waals surface area contributed by atoms with Crippen LogP contribution in [0.25, 0.3) is 0 Å². The van der Waals surface area contributed by atoms with E-state index in [-0.39, 0.29) is 24.1 Å². The number of nitrogens with one attached hydrogen (secondary N) is 1. The van der Waals surface area contributed by atoms with Crippen LogP contribution in [-0.4, -0.2) is 10.8 Å². The third-order valence-corrected chi connectivity index (χ3v) is 4.30. The number of carbonyl (C=O) groups is 1. The molecule has 0 spiro atoms. The van der Waals surface area contributed by atoms with Crippen LogP contribution in [0.15, 0.2) is 41.8 Å². The normalized spacial score (nSPS) is 12.1. The molecule has 0 fully saturated rings. The van der Waals surface area contributed by atoms with Gasteiger partial charge in [0.1, 0.15) is 0 Å². The van der Waals surface area contributed by atoms with E-state index in [1.165, 1.54) is 12.1 Å². The predicted octanol–water partition coefficient (Wildman–Crippen LogP) is 3.71. The number of thiophene rings is 1. The molecule has 1 amide bonds. The molecule has 0 aliphatic rings. The van der Waals surface area contributed by atoms with Gasteiger partial charge in [-0.25, -0.2) is 0 Å². The number of hydrogen-bond acceptors (Lipinski definition) is 4. The number of benzene rings is 1. The van der Waals surface area contributed by atoms with E-state index in [1.807, 2.05) is 17.5 Å². The second-order valence-electron chi connectivity index (χ2n) is 5.40. The highest BCUT2D eigenvalue weighted by Gasteiger charge is 2.19. The third kappa shape index (κ3) is 4.14. The quantitative estimate of drug-likeness (QED) is 0.652. The van der Waals surface area contributed by atoms with Gasteiger partial charge in [0.05, 0.1) is 17.4 Å². The monoisotopic (exact) mass is 318 g/mol. The number of amides is 1. The van der Waals surface area contributed by atoms with E-state index in [4.69, 9.17) is 0 Å². The van der Waals surface area contributed by atoms with E-state index in [9.17, 15) is 14.9 Å². The molecule has 0 saturated carbocycles. The molecule has 1 aromatic carbocycles. The lowest BCUT2D eigenvalue weighted by atomic mass is 10.0. The smallest absolute Gasteiger partial charge is 0.269 e. The summed E-state index contributed by atoms with van der Waals surface area (Å²) >= 11 is 1.62. The Morgan fingerprint density at radius 1 is 1.27 bits per heavy atom. The molecule has 0 aliphatic carbocycles. The third-order valence-electron chi connectivity index (χ3n) is 3.34. The van der Waals surface area contributed by atoms with Crippen molar-refractivity contribution in [3.05, 3.63) is 62.3 Å². The molecule has 1 unspecified atom stereocenters. The molecule has 1 N–H and O–H groups in total. The molecule has 0 saturated heterocycles. The number of hydrogen-bond donors (Lipinski definition) is 1. The Hall–Kier alpha value is -2.21. The lowest BCUT2D eigenvalue weighted by Gasteiger charge is -2.21. The topological polar surface area (TPSA) is 72.2 Å². The first-order valence-corrected chi connectivity index (χ1v) is 7.91. The van der Waals surface area contributed by atoms with Gasteiger partial charge in [-0.1, -0.05) is 32.0 Å². The van der Waals surface area contributed by atoms with Gasteiger partial charge in [0.15, 0.2) is 0 Å². The van der Waals surface area contributed by atoms with Crippen LogP contribution in [-0.2, 0) is 11.2 Å². The summed E-state index contributed by atoms with van der Waals surface area (Å²) in [6, 6.07) is 10.1. The summed E-state index contributed by atoms with van der Waals surface area (Å²) in [6.07, 6.45) is 0.215. The van der Waals surface area contributed by atoms with Crippen molar-refractivity contribution >= 4 is 22.9 Å². The Morgan fingerprint density at radius 3 is 2.45 bits per heavy atom. The number of carbonyl (C=O) groups excluding carboxylic acids is 1. The Labute approximate surface area is 133 Å². The maximum atomic E-state index is 12.2. The number of nitrogens with zero attached hydrogens (tertiary/aromatic N) is 1. The summed E-state index contributed by atoms with van der Waals surface area (Å²) in [5, 5.41) is 15.6. The van der Waals surface area contributed by atoms with Crippen LogP contribution in [0.3, 0.4) is 0 Å². The first-order valence-electron chi connectivity index (χ1n) is 7.03. The van der Waals surface area contributed by atoms with Crippen molar-refractivity contribution in [1.29, 1.82) is 0 Å². The van der Waals surface area contributed by atoms with Crippen molar-refractivity contribution in [2.45, 2.75) is 26.3 Å². The van der Waals surface area contributed by atoms with Crippen LogP contribution >= 0.6 is 11.3 Å². The highest BCUT2D eigenvalue weighted by atomic mass is 32.1. The van der Waals surface area contributed by atoms with Gasteiger partial charge in [-0.15, -0.1) is 11.3 Å². The van der Waals surface area contributed by atoms with Crippen molar-refractivity contribution in [1.82, 2.24) is 5.32 Å². The number of rotatable bonds is 6. The summed E-state index contributed by atoms with van der Waals surface area (Å²) in [5.74, 6) is 0.209. The maximum Gasteiger partial charge on any atom is 0.269 e. The van der Waals surface area contributed by atoms with Gasteiger partial charge in [0.2, 0.25) is 5.91 Å². The fourth-order valence-corrected chi connectivity index (χ4v) is 3.13. The highest BCUT2D eigenvalue weighted by molar-refractivity contribution is 7.10. The van der Waals surface area contributed by atoms with E-state index in [1.54, 1.807) is 23.5 Å². The zero-order valence-corrected chi connectivity index (χ0v) is 13.3. The standard InChI is InChI=1S/C16H18N2O3S/c1-11(2)16(14-4-3-9-22-14)17-15(19)10-12-5-7-13(8-6-12)18(20)21/h3-9,11,16H,10H2,1-2H3,(H,17,19). The summed E-state index contributed by atoms with van der Waals surface area (Å²) < 4.78 is 0. The van der Waals surface area contributed by atoms with Crippen molar-refractivity contribution in [2.24, 2.45) is 5.92 Å². The average molecular weight is 318 g/mol. The predicted molar refractivity (Wildman–Crippen MR) is 86.8 cm³/mol. The number of non-ortho nitro benzene ring substituents is 1. The maximum absolute atomic E-state index is 12.2. The summed E-state index contributed by atoms with van der Waals surface area (Å²) in [6.45, 7) is 4.13. The molecular weight excluding hydrogens is 300 g/mol. The minimum Gasteiger partial charge on any atom is -0.348 e.